The summed E-state index contributed by atoms with van der Waals surface area (Å²) in [4.78, 5) is 27.6. The summed E-state index contributed by atoms with van der Waals surface area (Å²) in [6, 6.07) is 16.0. The topological polar surface area (TPSA) is 110 Å². The van der Waals surface area contributed by atoms with Crippen molar-refractivity contribution in [3.63, 3.8) is 0 Å². The van der Waals surface area contributed by atoms with Gasteiger partial charge < -0.3 is 25.2 Å². The van der Waals surface area contributed by atoms with Gasteiger partial charge in [-0.05, 0) is 36.4 Å². The van der Waals surface area contributed by atoms with Crippen molar-refractivity contribution in [1.29, 1.82) is 0 Å². The molecule has 2 amide bonds. The second-order valence-corrected chi connectivity index (χ2v) is 5.57. The van der Waals surface area contributed by atoms with E-state index < -0.39 is 12.0 Å². The molecular formula is C20H17N3O5. The first-order valence-electron chi connectivity index (χ1n) is 8.28. The van der Waals surface area contributed by atoms with E-state index in [1.165, 1.54) is 25.4 Å². The normalized spacial score (nSPS) is 10.0. The molecule has 28 heavy (non-hydrogen) atoms. The molecule has 0 spiro atoms. The number of carbonyl (C=O) groups excluding carboxylic acids is 2. The van der Waals surface area contributed by atoms with Crippen LogP contribution in [0.1, 0.15) is 10.4 Å². The number of ether oxygens (including phenoxy) is 2. The highest BCUT2D eigenvalue weighted by molar-refractivity contribution is 6.05. The lowest BCUT2D eigenvalue weighted by Gasteiger charge is -2.10. The summed E-state index contributed by atoms with van der Waals surface area (Å²) in [5, 5.41) is 14.7. The number of nitrogens with one attached hydrogen (secondary N) is 2. The Kier molecular flexibility index (Phi) is 5.71. The predicted molar refractivity (Wildman–Crippen MR) is 102 cm³/mol. The number of nitrogens with zero attached hydrogens (tertiary/aromatic N) is 1. The largest absolute Gasteiger partial charge is 0.506 e. The van der Waals surface area contributed by atoms with Gasteiger partial charge in [0.1, 0.15) is 17.2 Å². The van der Waals surface area contributed by atoms with Gasteiger partial charge in [-0.3, -0.25) is 4.79 Å². The number of amides is 2. The summed E-state index contributed by atoms with van der Waals surface area (Å²) in [7, 11) is 1.44. The zero-order valence-corrected chi connectivity index (χ0v) is 14.9. The molecule has 142 valence electrons. The van der Waals surface area contributed by atoms with E-state index in [1.54, 1.807) is 48.5 Å². The van der Waals surface area contributed by atoms with Crippen LogP contribution in [0.3, 0.4) is 0 Å². The van der Waals surface area contributed by atoms with E-state index in [4.69, 9.17) is 9.47 Å². The van der Waals surface area contributed by atoms with Crippen LogP contribution in [0.5, 0.6) is 23.1 Å². The Morgan fingerprint density at radius 3 is 2.57 bits per heavy atom. The first kappa shape index (κ1) is 18.7. The average Bonchev–Trinajstić information content (AvgIpc) is 2.70. The number of benzene rings is 2. The van der Waals surface area contributed by atoms with Gasteiger partial charge in [0.2, 0.25) is 5.88 Å². The molecular weight excluding hydrogens is 362 g/mol. The van der Waals surface area contributed by atoms with Crippen molar-refractivity contribution in [2.24, 2.45) is 0 Å². The minimum absolute atomic E-state index is 0.0244. The molecule has 0 unspecified atom stereocenters. The van der Waals surface area contributed by atoms with Gasteiger partial charge in [-0.15, -0.1) is 0 Å². The van der Waals surface area contributed by atoms with Crippen LogP contribution < -0.4 is 20.1 Å². The maximum absolute atomic E-state index is 12.4. The standard InChI is InChI=1S/C20H17N3O5/c1-21-20(26)28-18-12-15(9-10-22-18)27-14-6-4-5-13(11-14)19(25)23-16-7-2-3-8-17(16)24/h2-12,24H,1H3,(H,21,26)(H,23,25). The number of phenols is 1. The van der Waals surface area contributed by atoms with Gasteiger partial charge in [0, 0.05) is 24.9 Å². The fourth-order valence-corrected chi connectivity index (χ4v) is 2.27. The van der Waals surface area contributed by atoms with Gasteiger partial charge in [-0.2, -0.15) is 0 Å². The molecule has 0 bridgehead atoms. The third-order valence-corrected chi connectivity index (χ3v) is 3.59. The smallest absolute Gasteiger partial charge is 0.413 e. The zero-order chi connectivity index (χ0) is 19.9. The molecule has 0 saturated heterocycles. The van der Waals surface area contributed by atoms with E-state index in [2.05, 4.69) is 15.6 Å². The molecule has 0 aliphatic heterocycles. The van der Waals surface area contributed by atoms with Gasteiger partial charge in [-0.1, -0.05) is 18.2 Å². The minimum Gasteiger partial charge on any atom is -0.506 e. The van der Waals surface area contributed by atoms with Gasteiger partial charge in [0.05, 0.1) is 5.69 Å². The lowest BCUT2D eigenvalue weighted by molar-refractivity contribution is 0.102. The molecule has 0 aliphatic carbocycles. The van der Waals surface area contributed by atoms with Gasteiger partial charge in [0.15, 0.2) is 0 Å². The third kappa shape index (κ3) is 4.76. The highest BCUT2D eigenvalue weighted by Crippen LogP contribution is 2.26. The summed E-state index contributed by atoms with van der Waals surface area (Å²) < 4.78 is 10.7. The molecule has 1 aromatic heterocycles. The second-order valence-electron chi connectivity index (χ2n) is 5.57. The van der Waals surface area contributed by atoms with Crippen LogP contribution in [0.4, 0.5) is 10.5 Å². The monoisotopic (exact) mass is 379 g/mol. The van der Waals surface area contributed by atoms with E-state index >= 15 is 0 Å². The lowest BCUT2D eigenvalue weighted by Crippen LogP contribution is -2.22. The predicted octanol–water partition coefficient (Wildman–Crippen LogP) is 3.55. The second kappa shape index (κ2) is 8.54. The zero-order valence-electron chi connectivity index (χ0n) is 14.9. The quantitative estimate of drug-likeness (QED) is 0.585. The number of anilines is 1. The van der Waals surface area contributed by atoms with Gasteiger partial charge in [-0.25, -0.2) is 9.78 Å². The molecule has 1 heterocycles. The maximum atomic E-state index is 12.4. The Labute approximate surface area is 160 Å². The van der Waals surface area contributed by atoms with E-state index in [9.17, 15) is 14.7 Å². The molecule has 3 aromatic rings. The van der Waals surface area contributed by atoms with Crippen molar-refractivity contribution in [2.75, 3.05) is 12.4 Å². The SMILES string of the molecule is CNC(=O)Oc1cc(Oc2cccc(C(=O)Nc3ccccc3O)c2)ccn1. The molecule has 0 atom stereocenters. The number of para-hydroxylation sites is 2. The van der Waals surface area contributed by atoms with Gasteiger partial charge in [0.25, 0.3) is 5.91 Å². The molecule has 0 saturated carbocycles. The number of aromatic nitrogens is 1. The average molecular weight is 379 g/mol. The molecule has 0 fully saturated rings. The van der Waals surface area contributed by atoms with Gasteiger partial charge >= 0.3 is 6.09 Å². The van der Waals surface area contributed by atoms with Crippen LogP contribution in [0.2, 0.25) is 0 Å². The Hall–Kier alpha value is -4.07. The number of hydrogen-bond donors (Lipinski definition) is 3. The van der Waals surface area contributed by atoms with Crippen LogP contribution in [0.15, 0.2) is 66.9 Å². The summed E-state index contributed by atoms with van der Waals surface area (Å²) in [5.41, 5.74) is 0.653. The number of rotatable bonds is 5. The number of pyridine rings is 1. The number of phenolic OH excluding ortho intramolecular Hbond substituents is 1. The fraction of sp³-hybridized carbons (Fsp3) is 0.0500. The third-order valence-electron chi connectivity index (χ3n) is 3.59. The summed E-state index contributed by atoms with van der Waals surface area (Å²) in [5.74, 6) is 0.438. The van der Waals surface area contributed by atoms with Crippen molar-refractivity contribution in [3.05, 3.63) is 72.4 Å². The van der Waals surface area contributed by atoms with Crippen molar-refractivity contribution in [3.8, 4) is 23.1 Å². The Morgan fingerprint density at radius 1 is 1.00 bits per heavy atom. The van der Waals surface area contributed by atoms with Crippen LogP contribution >= 0.6 is 0 Å². The van der Waals surface area contributed by atoms with Crippen molar-refractivity contribution in [2.45, 2.75) is 0 Å². The van der Waals surface area contributed by atoms with E-state index in [0.717, 1.165) is 0 Å². The molecule has 8 nitrogen and oxygen atoms in total. The molecule has 0 aliphatic rings. The number of hydrogen-bond acceptors (Lipinski definition) is 6. The highest BCUT2D eigenvalue weighted by Gasteiger charge is 2.11. The molecule has 2 aromatic carbocycles. The van der Waals surface area contributed by atoms with Crippen LogP contribution in [-0.4, -0.2) is 29.1 Å². The van der Waals surface area contributed by atoms with E-state index in [-0.39, 0.29) is 11.6 Å². The first-order valence-corrected chi connectivity index (χ1v) is 8.28. The van der Waals surface area contributed by atoms with Crippen molar-refractivity contribution in [1.82, 2.24) is 10.3 Å². The summed E-state index contributed by atoms with van der Waals surface area (Å²) in [6.07, 6.45) is 0.787. The molecule has 8 heteroatoms. The fourth-order valence-electron chi connectivity index (χ4n) is 2.27. The first-order chi connectivity index (χ1) is 13.5. The lowest BCUT2D eigenvalue weighted by atomic mass is 10.2. The van der Waals surface area contributed by atoms with Crippen LogP contribution in [-0.2, 0) is 0 Å². The molecule has 0 radical (unpaired) electrons. The Morgan fingerprint density at radius 2 is 1.79 bits per heavy atom. The van der Waals surface area contributed by atoms with E-state index in [1.807, 2.05) is 0 Å². The minimum atomic E-state index is -0.646. The molecule has 3 rings (SSSR count). The maximum Gasteiger partial charge on any atom is 0.413 e. The molecule has 3 N–H and O–H groups in total. The van der Waals surface area contributed by atoms with Crippen molar-refractivity contribution >= 4 is 17.7 Å². The van der Waals surface area contributed by atoms with Crippen LogP contribution in [0, 0.1) is 0 Å². The summed E-state index contributed by atoms with van der Waals surface area (Å²) >= 11 is 0. The number of carbonyl (C=O) groups is 2. The Balaban J connectivity index is 1.73. The van der Waals surface area contributed by atoms with Crippen LogP contribution in [0.25, 0.3) is 0 Å². The van der Waals surface area contributed by atoms with E-state index in [0.29, 0.717) is 22.7 Å². The highest BCUT2D eigenvalue weighted by atomic mass is 16.6. The van der Waals surface area contributed by atoms with Crippen molar-refractivity contribution < 1.29 is 24.2 Å². The number of aromatic hydroxyl groups is 1. The Bertz CT molecular complexity index is 1010. The summed E-state index contributed by atoms with van der Waals surface area (Å²) in [6.45, 7) is 0.